The van der Waals surface area contributed by atoms with Crippen LogP contribution < -0.4 is 10.2 Å². The molecule has 51 heavy (non-hydrogen) atoms. The van der Waals surface area contributed by atoms with Crippen molar-refractivity contribution in [2.75, 3.05) is 40.9 Å². The van der Waals surface area contributed by atoms with Crippen molar-refractivity contribution in [3.05, 3.63) is 24.3 Å². The minimum atomic E-state index is -4.58. The van der Waals surface area contributed by atoms with Crippen LogP contribution in [0.5, 0.6) is 0 Å². The molecule has 9 heteroatoms. The summed E-state index contributed by atoms with van der Waals surface area (Å²) in [5, 5.41) is 13.7. The topological polar surface area (TPSA) is 108 Å². The quantitative estimate of drug-likeness (QED) is 0.0282. The Morgan fingerprint density at radius 1 is 0.667 bits per heavy atom. The van der Waals surface area contributed by atoms with E-state index in [0.717, 1.165) is 38.5 Å². The van der Waals surface area contributed by atoms with Crippen molar-refractivity contribution in [3.63, 3.8) is 0 Å². The van der Waals surface area contributed by atoms with E-state index in [4.69, 9.17) is 9.05 Å². The van der Waals surface area contributed by atoms with E-state index in [0.29, 0.717) is 17.4 Å². The zero-order valence-corrected chi connectivity index (χ0v) is 35.0. The van der Waals surface area contributed by atoms with Gasteiger partial charge in [0.15, 0.2) is 0 Å². The lowest BCUT2D eigenvalue weighted by atomic mass is 10.1. The van der Waals surface area contributed by atoms with Crippen molar-refractivity contribution in [3.8, 4) is 0 Å². The van der Waals surface area contributed by atoms with Gasteiger partial charge in [0.05, 0.1) is 39.9 Å². The number of quaternary nitrogens is 1. The second-order valence-corrected chi connectivity index (χ2v) is 17.1. The number of nitrogens with zero attached hydrogens (tertiary/aromatic N) is 1. The minimum Gasteiger partial charge on any atom is -0.756 e. The van der Waals surface area contributed by atoms with Gasteiger partial charge in [-0.2, -0.15) is 0 Å². The summed E-state index contributed by atoms with van der Waals surface area (Å²) in [6, 6.07) is -0.883. The Kier molecular flexibility index (Phi) is 34.0. The molecule has 0 aromatic rings. The van der Waals surface area contributed by atoms with Crippen LogP contribution in [0.25, 0.3) is 0 Å². The molecule has 0 aromatic carbocycles. The molecule has 8 nitrogen and oxygen atoms in total. The Labute approximate surface area is 315 Å². The molecule has 3 atom stereocenters. The first-order valence-electron chi connectivity index (χ1n) is 21.2. The van der Waals surface area contributed by atoms with Gasteiger partial charge >= 0.3 is 0 Å². The number of aliphatic hydroxyl groups is 1. The monoisotopic (exact) mass is 743 g/mol. The van der Waals surface area contributed by atoms with E-state index in [1.54, 1.807) is 6.08 Å². The molecule has 0 aromatic heterocycles. The van der Waals surface area contributed by atoms with Crippen molar-refractivity contribution in [1.82, 2.24) is 5.32 Å². The number of amides is 1. The van der Waals surface area contributed by atoms with Crippen LogP contribution in [0.3, 0.4) is 0 Å². The molecule has 0 aliphatic carbocycles. The second kappa shape index (κ2) is 34.7. The van der Waals surface area contributed by atoms with Gasteiger partial charge in [-0.3, -0.25) is 9.36 Å². The minimum absolute atomic E-state index is 0.00118. The smallest absolute Gasteiger partial charge is 0.268 e. The summed E-state index contributed by atoms with van der Waals surface area (Å²) in [7, 11) is 1.26. The third-order valence-electron chi connectivity index (χ3n) is 9.41. The number of hydrogen-bond donors (Lipinski definition) is 2. The van der Waals surface area contributed by atoms with E-state index < -0.39 is 20.0 Å². The van der Waals surface area contributed by atoms with Gasteiger partial charge in [0, 0.05) is 6.42 Å². The van der Waals surface area contributed by atoms with E-state index in [1.807, 2.05) is 27.2 Å². The van der Waals surface area contributed by atoms with E-state index in [1.165, 1.54) is 128 Å². The summed E-state index contributed by atoms with van der Waals surface area (Å²) < 4.78 is 23.1. The first-order chi connectivity index (χ1) is 24.5. The van der Waals surface area contributed by atoms with Gasteiger partial charge in [-0.1, -0.05) is 160 Å². The maximum atomic E-state index is 12.8. The average molecular weight is 743 g/mol. The molecule has 0 aliphatic heterocycles. The normalized spacial score (nSPS) is 14.7. The largest absolute Gasteiger partial charge is 0.756 e. The van der Waals surface area contributed by atoms with Crippen molar-refractivity contribution in [1.29, 1.82) is 0 Å². The van der Waals surface area contributed by atoms with Gasteiger partial charge in [-0.15, -0.1) is 0 Å². The van der Waals surface area contributed by atoms with Crippen molar-refractivity contribution in [2.24, 2.45) is 0 Å². The predicted molar refractivity (Wildman–Crippen MR) is 215 cm³/mol. The van der Waals surface area contributed by atoms with Crippen LogP contribution in [0.2, 0.25) is 0 Å². The van der Waals surface area contributed by atoms with Gasteiger partial charge in [0.1, 0.15) is 13.2 Å². The maximum Gasteiger partial charge on any atom is 0.268 e. The number of rotatable bonds is 38. The van der Waals surface area contributed by atoms with E-state index >= 15 is 0 Å². The molecule has 0 rings (SSSR count). The molecule has 0 saturated heterocycles. The number of carbonyl (C=O) groups excluding carboxylic acids is 1. The number of allylic oxidation sites excluding steroid dienone is 3. The molecule has 1 amide bonds. The molecule has 3 unspecified atom stereocenters. The van der Waals surface area contributed by atoms with Crippen molar-refractivity contribution >= 4 is 13.7 Å². The lowest BCUT2D eigenvalue weighted by Crippen LogP contribution is -2.45. The lowest BCUT2D eigenvalue weighted by Gasteiger charge is -2.29. The third kappa shape index (κ3) is 37.1. The number of aliphatic hydroxyl groups excluding tert-OH is 1. The maximum absolute atomic E-state index is 12.8. The number of hydrogen-bond acceptors (Lipinski definition) is 6. The van der Waals surface area contributed by atoms with Crippen molar-refractivity contribution < 1.29 is 32.9 Å². The first kappa shape index (κ1) is 50.0. The highest BCUT2D eigenvalue weighted by atomic mass is 31.2. The fourth-order valence-corrected chi connectivity index (χ4v) is 6.69. The first-order valence-corrected chi connectivity index (χ1v) is 22.7. The summed E-state index contributed by atoms with van der Waals surface area (Å²) in [6.45, 7) is 4.61. The van der Waals surface area contributed by atoms with E-state index in [2.05, 4.69) is 31.3 Å². The van der Waals surface area contributed by atoms with Gasteiger partial charge in [0.25, 0.3) is 7.82 Å². The Hall–Kier alpha value is -1.02. The highest BCUT2D eigenvalue weighted by molar-refractivity contribution is 7.45. The molecule has 0 heterocycles. The summed E-state index contributed by atoms with van der Waals surface area (Å²) in [5.41, 5.74) is 0. The number of carbonyl (C=O) groups is 1. The highest BCUT2D eigenvalue weighted by Gasteiger charge is 2.23. The molecule has 2 N–H and O–H groups in total. The SMILES string of the molecule is CCCCCCCCCC/C=C\CCCCCCCCCC(=O)NC(COP(=O)([O-])OCC[N+](C)(C)C)C(O)/C=C/CCCCCCCCCC. The highest BCUT2D eigenvalue weighted by Crippen LogP contribution is 2.38. The Morgan fingerprint density at radius 2 is 1.08 bits per heavy atom. The molecule has 0 aliphatic rings. The van der Waals surface area contributed by atoms with Crippen LogP contribution in [0.15, 0.2) is 24.3 Å². The average Bonchev–Trinajstić information content (AvgIpc) is 3.07. The molecule has 0 bridgehead atoms. The predicted octanol–water partition coefficient (Wildman–Crippen LogP) is 10.7. The van der Waals surface area contributed by atoms with Crippen molar-refractivity contribution in [2.45, 2.75) is 199 Å². The number of likely N-dealkylation sites (N-methyl/N-ethyl adjacent to an activating group) is 1. The van der Waals surface area contributed by atoms with Crippen LogP contribution in [-0.2, 0) is 18.4 Å². The number of phosphoric acid groups is 1. The Balaban J connectivity index is 4.36. The Bertz CT molecular complexity index is 891. The summed E-state index contributed by atoms with van der Waals surface area (Å²) in [6.07, 6.45) is 39.4. The molecule has 0 radical (unpaired) electrons. The third-order valence-corrected chi connectivity index (χ3v) is 10.4. The fourth-order valence-electron chi connectivity index (χ4n) is 5.97. The van der Waals surface area contributed by atoms with E-state index in [9.17, 15) is 19.4 Å². The summed E-state index contributed by atoms with van der Waals surface area (Å²) in [5.74, 6) is -0.204. The molecule has 302 valence electrons. The van der Waals surface area contributed by atoms with Gasteiger partial charge in [0.2, 0.25) is 5.91 Å². The number of unbranched alkanes of at least 4 members (excludes halogenated alkanes) is 23. The zero-order valence-electron chi connectivity index (χ0n) is 34.1. The number of nitrogens with one attached hydrogen (secondary N) is 1. The van der Waals surface area contributed by atoms with Crippen LogP contribution in [0.1, 0.15) is 187 Å². The molecule has 0 saturated carbocycles. The summed E-state index contributed by atoms with van der Waals surface area (Å²) >= 11 is 0. The standard InChI is InChI=1S/C42H83N2O6P/c1-6-8-10-12-14-16-18-19-20-21-22-23-24-25-26-28-30-32-34-36-42(46)43-40(39-50-51(47,48)49-38-37-44(3,4)5)41(45)35-33-31-29-27-17-15-13-11-9-7-2/h21-22,33,35,40-41,45H,6-20,23-32,34,36-39H2,1-5H3,(H-,43,46,47,48)/b22-21-,35-33+. The fraction of sp³-hybridized carbons (Fsp3) is 0.881. The molecular formula is C42H83N2O6P. The van der Waals surface area contributed by atoms with Crippen LogP contribution in [-0.4, -0.2) is 68.5 Å². The van der Waals surface area contributed by atoms with Gasteiger partial charge in [-0.25, -0.2) is 0 Å². The van der Waals surface area contributed by atoms with Crippen LogP contribution in [0, 0.1) is 0 Å². The molecule has 0 fully saturated rings. The van der Waals surface area contributed by atoms with Crippen LogP contribution in [0.4, 0.5) is 0 Å². The van der Waals surface area contributed by atoms with Gasteiger partial charge < -0.3 is 28.8 Å². The summed E-state index contributed by atoms with van der Waals surface area (Å²) in [4.78, 5) is 25.2. The second-order valence-electron chi connectivity index (χ2n) is 15.7. The van der Waals surface area contributed by atoms with E-state index in [-0.39, 0.29) is 19.1 Å². The molecule has 0 spiro atoms. The Morgan fingerprint density at radius 3 is 1.53 bits per heavy atom. The van der Waals surface area contributed by atoms with Crippen LogP contribution >= 0.6 is 7.82 Å². The zero-order chi connectivity index (χ0) is 37.9. The number of phosphoric ester groups is 1. The molecular weight excluding hydrogens is 659 g/mol. The lowest BCUT2D eigenvalue weighted by molar-refractivity contribution is -0.870. The van der Waals surface area contributed by atoms with Gasteiger partial charge in [-0.05, 0) is 44.9 Å².